The van der Waals surface area contributed by atoms with Crippen molar-refractivity contribution in [2.45, 2.75) is 6.10 Å². The van der Waals surface area contributed by atoms with E-state index in [1.54, 1.807) is 6.20 Å². The molecule has 0 saturated carbocycles. The zero-order valence-electron chi connectivity index (χ0n) is 10.4. The standard InChI is InChI=1S/C12H20N4O2/c13-10-1-2-12(14-7-10)16-5-3-15(4-6-16)8-11(18)9-17/h1-2,7,11,17-18H,3-6,8-9,13H2. The van der Waals surface area contributed by atoms with Crippen molar-refractivity contribution < 1.29 is 10.2 Å². The predicted octanol–water partition coefficient (Wildman–Crippen LogP) is -0.861. The molecule has 2 heterocycles. The minimum atomic E-state index is -0.647. The molecule has 1 unspecified atom stereocenters. The first kappa shape index (κ1) is 13.1. The van der Waals surface area contributed by atoms with E-state index in [1.807, 2.05) is 12.1 Å². The van der Waals surface area contributed by atoms with Crippen molar-refractivity contribution in [3.8, 4) is 0 Å². The van der Waals surface area contributed by atoms with Crippen LogP contribution in [0.1, 0.15) is 0 Å². The number of nitrogens with two attached hydrogens (primary N) is 1. The van der Waals surface area contributed by atoms with Gasteiger partial charge in [0, 0.05) is 32.7 Å². The fourth-order valence-corrected chi connectivity index (χ4v) is 2.10. The summed E-state index contributed by atoms with van der Waals surface area (Å²) in [4.78, 5) is 8.64. The molecule has 4 N–H and O–H groups in total. The van der Waals surface area contributed by atoms with Crippen LogP contribution < -0.4 is 10.6 Å². The van der Waals surface area contributed by atoms with E-state index in [4.69, 9.17) is 10.8 Å². The van der Waals surface area contributed by atoms with Gasteiger partial charge in [-0.1, -0.05) is 0 Å². The summed E-state index contributed by atoms with van der Waals surface area (Å²) in [5.41, 5.74) is 6.28. The second-order valence-electron chi connectivity index (χ2n) is 4.57. The third-order valence-electron chi connectivity index (χ3n) is 3.15. The van der Waals surface area contributed by atoms with Crippen molar-refractivity contribution in [3.63, 3.8) is 0 Å². The molecule has 0 spiro atoms. The number of piperazine rings is 1. The summed E-state index contributed by atoms with van der Waals surface area (Å²) in [5, 5.41) is 18.2. The fraction of sp³-hybridized carbons (Fsp3) is 0.583. The smallest absolute Gasteiger partial charge is 0.128 e. The van der Waals surface area contributed by atoms with Crippen LogP contribution in [0.25, 0.3) is 0 Å². The Morgan fingerprint density at radius 3 is 2.56 bits per heavy atom. The molecule has 0 aliphatic carbocycles. The maximum Gasteiger partial charge on any atom is 0.128 e. The number of nitrogens with zero attached hydrogens (tertiary/aromatic N) is 3. The molecule has 0 bridgehead atoms. The first-order chi connectivity index (χ1) is 8.69. The maximum absolute atomic E-state index is 9.39. The second-order valence-corrected chi connectivity index (χ2v) is 4.57. The Balaban J connectivity index is 1.84. The molecule has 1 fully saturated rings. The van der Waals surface area contributed by atoms with E-state index >= 15 is 0 Å². The summed E-state index contributed by atoms with van der Waals surface area (Å²) >= 11 is 0. The molecule has 100 valence electrons. The first-order valence-corrected chi connectivity index (χ1v) is 6.17. The molecule has 18 heavy (non-hydrogen) atoms. The zero-order valence-corrected chi connectivity index (χ0v) is 10.4. The highest BCUT2D eigenvalue weighted by atomic mass is 16.3. The van der Waals surface area contributed by atoms with Gasteiger partial charge in [0.05, 0.1) is 24.6 Å². The lowest BCUT2D eigenvalue weighted by Crippen LogP contribution is -2.49. The molecule has 1 aromatic rings. The quantitative estimate of drug-likeness (QED) is 0.646. The molecule has 1 atom stereocenters. The van der Waals surface area contributed by atoms with E-state index in [-0.39, 0.29) is 6.61 Å². The van der Waals surface area contributed by atoms with Crippen molar-refractivity contribution in [1.29, 1.82) is 0 Å². The lowest BCUT2D eigenvalue weighted by atomic mass is 10.2. The van der Waals surface area contributed by atoms with Crippen LogP contribution in [0, 0.1) is 0 Å². The van der Waals surface area contributed by atoms with E-state index in [9.17, 15) is 5.11 Å². The van der Waals surface area contributed by atoms with Crippen molar-refractivity contribution >= 4 is 11.5 Å². The van der Waals surface area contributed by atoms with Crippen molar-refractivity contribution in [1.82, 2.24) is 9.88 Å². The number of aromatic nitrogens is 1. The van der Waals surface area contributed by atoms with E-state index in [2.05, 4.69) is 14.8 Å². The van der Waals surface area contributed by atoms with Crippen LogP contribution in [-0.2, 0) is 0 Å². The number of pyridine rings is 1. The number of nitrogen functional groups attached to an aromatic ring is 1. The van der Waals surface area contributed by atoms with Crippen LogP contribution in [0.4, 0.5) is 11.5 Å². The molecule has 1 aromatic heterocycles. The molecular formula is C12H20N4O2. The molecule has 6 nitrogen and oxygen atoms in total. The lowest BCUT2D eigenvalue weighted by molar-refractivity contribution is 0.0574. The summed E-state index contributed by atoms with van der Waals surface area (Å²) in [6, 6.07) is 3.78. The third-order valence-corrected chi connectivity index (χ3v) is 3.15. The predicted molar refractivity (Wildman–Crippen MR) is 70.4 cm³/mol. The highest BCUT2D eigenvalue weighted by Crippen LogP contribution is 2.14. The largest absolute Gasteiger partial charge is 0.397 e. The highest BCUT2D eigenvalue weighted by molar-refractivity contribution is 5.46. The van der Waals surface area contributed by atoms with Crippen LogP contribution in [0.5, 0.6) is 0 Å². The normalized spacial score (nSPS) is 18.9. The zero-order chi connectivity index (χ0) is 13.0. The number of hydrogen-bond donors (Lipinski definition) is 3. The number of anilines is 2. The van der Waals surface area contributed by atoms with Gasteiger partial charge in [-0.05, 0) is 12.1 Å². The fourth-order valence-electron chi connectivity index (χ4n) is 2.10. The molecule has 0 radical (unpaired) electrons. The van der Waals surface area contributed by atoms with E-state index in [0.29, 0.717) is 12.2 Å². The van der Waals surface area contributed by atoms with Gasteiger partial charge in [-0.3, -0.25) is 4.90 Å². The average molecular weight is 252 g/mol. The van der Waals surface area contributed by atoms with Gasteiger partial charge in [-0.25, -0.2) is 4.98 Å². The Labute approximate surface area is 107 Å². The summed E-state index contributed by atoms with van der Waals surface area (Å²) in [6.07, 6.45) is 1.02. The third kappa shape index (κ3) is 3.32. The van der Waals surface area contributed by atoms with E-state index in [1.165, 1.54) is 0 Å². The Morgan fingerprint density at radius 1 is 1.28 bits per heavy atom. The number of aliphatic hydroxyl groups excluding tert-OH is 2. The number of hydrogen-bond acceptors (Lipinski definition) is 6. The summed E-state index contributed by atoms with van der Waals surface area (Å²) in [5.74, 6) is 0.937. The minimum absolute atomic E-state index is 0.181. The van der Waals surface area contributed by atoms with Crippen molar-refractivity contribution in [3.05, 3.63) is 18.3 Å². The van der Waals surface area contributed by atoms with E-state index in [0.717, 1.165) is 32.0 Å². The molecule has 1 aliphatic rings. The molecule has 6 heteroatoms. The number of aliphatic hydroxyl groups is 2. The van der Waals surface area contributed by atoms with Crippen LogP contribution in [-0.4, -0.2) is 65.5 Å². The van der Waals surface area contributed by atoms with E-state index < -0.39 is 6.10 Å². The van der Waals surface area contributed by atoms with Crippen molar-refractivity contribution in [2.75, 3.05) is 50.0 Å². The Bertz CT molecular complexity index is 363. The second kappa shape index (κ2) is 5.99. The Kier molecular flexibility index (Phi) is 4.35. The monoisotopic (exact) mass is 252 g/mol. The maximum atomic E-state index is 9.39. The van der Waals surface area contributed by atoms with Gasteiger partial charge in [0.15, 0.2) is 0 Å². The lowest BCUT2D eigenvalue weighted by Gasteiger charge is -2.36. The van der Waals surface area contributed by atoms with Crippen LogP contribution in [0.2, 0.25) is 0 Å². The topological polar surface area (TPSA) is 85.9 Å². The van der Waals surface area contributed by atoms with Gasteiger partial charge >= 0.3 is 0 Å². The molecule has 0 aromatic carbocycles. The summed E-state index contributed by atoms with van der Waals surface area (Å²) in [7, 11) is 0. The van der Waals surface area contributed by atoms with Crippen LogP contribution >= 0.6 is 0 Å². The molecule has 2 rings (SSSR count). The number of rotatable bonds is 4. The van der Waals surface area contributed by atoms with Gasteiger partial charge in [-0.15, -0.1) is 0 Å². The van der Waals surface area contributed by atoms with Gasteiger partial charge < -0.3 is 20.8 Å². The molecule has 0 amide bonds. The molecule has 1 saturated heterocycles. The first-order valence-electron chi connectivity index (χ1n) is 6.17. The number of β-amino-alcohol motifs (C(OH)–C–C–N with tert-alkyl or cyclic N) is 1. The van der Waals surface area contributed by atoms with Crippen molar-refractivity contribution in [2.24, 2.45) is 0 Å². The van der Waals surface area contributed by atoms with Gasteiger partial charge in [-0.2, -0.15) is 0 Å². The summed E-state index contributed by atoms with van der Waals surface area (Å²) in [6.45, 7) is 3.82. The summed E-state index contributed by atoms with van der Waals surface area (Å²) < 4.78 is 0. The average Bonchev–Trinajstić information content (AvgIpc) is 2.40. The molecule has 1 aliphatic heterocycles. The SMILES string of the molecule is Nc1ccc(N2CCN(CC(O)CO)CC2)nc1. The Hall–Kier alpha value is -1.37. The minimum Gasteiger partial charge on any atom is -0.397 e. The van der Waals surface area contributed by atoms with Gasteiger partial charge in [0.25, 0.3) is 0 Å². The highest BCUT2D eigenvalue weighted by Gasteiger charge is 2.19. The van der Waals surface area contributed by atoms with Gasteiger partial charge in [0.1, 0.15) is 5.82 Å². The van der Waals surface area contributed by atoms with Gasteiger partial charge in [0.2, 0.25) is 0 Å². The molecular weight excluding hydrogens is 232 g/mol. The van der Waals surface area contributed by atoms with Crippen LogP contribution in [0.15, 0.2) is 18.3 Å². The van der Waals surface area contributed by atoms with Crippen LogP contribution in [0.3, 0.4) is 0 Å². The Morgan fingerprint density at radius 2 is 2.00 bits per heavy atom.